The first-order chi connectivity index (χ1) is 15.0. The first kappa shape index (κ1) is 22.7. The van der Waals surface area contributed by atoms with E-state index in [2.05, 4.69) is 11.9 Å². The number of thioether (sulfide) groups is 1. The first-order valence-electron chi connectivity index (χ1n) is 9.50. The predicted molar refractivity (Wildman–Crippen MR) is 127 cm³/mol. The highest BCUT2D eigenvalue weighted by Gasteiger charge is 2.22. The zero-order valence-electron chi connectivity index (χ0n) is 17.3. The van der Waals surface area contributed by atoms with Crippen molar-refractivity contribution in [2.75, 3.05) is 27.4 Å². The van der Waals surface area contributed by atoms with E-state index in [1.807, 2.05) is 30.3 Å². The summed E-state index contributed by atoms with van der Waals surface area (Å²) in [5.74, 6) is 2.27. The van der Waals surface area contributed by atoms with E-state index in [1.54, 1.807) is 32.4 Å². The van der Waals surface area contributed by atoms with Gasteiger partial charge in [0, 0.05) is 0 Å². The maximum atomic E-state index is 11.8. The molecule has 1 saturated heterocycles. The summed E-state index contributed by atoms with van der Waals surface area (Å²) in [6.45, 7) is 4.40. The Morgan fingerprint density at radius 3 is 2.23 bits per heavy atom. The van der Waals surface area contributed by atoms with Crippen LogP contribution in [0, 0.1) is 0 Å². The van der Waals surface area contributed by atoms with Crippen molar-refractivity contribution in [3.05, 3.63) is 65.1 Å². The van der Waals surface area contributed by atoms with Gasteiger partial charge in [-0.15, -0.1) is 6.58 Å². The van der Waals surface area contributed by atoms with Crippen LogP contribution in [0.3, 0.4) is 0 Å². The molecule has 1 aliphatic rings. The van der Waals surface area contributed by atoms with E-state index in [1.165, 1.54) is 11.8 Å². The van der Waals surface area contributed by atoms with Crippen LogP contribution in [0.2, 0.25) is 0 Å². The van der Waals surface area contributed by atoms with Crippen molar-refractivity contribution >= 4 is 40.3 Å². The topological polar surface area (TPSA) is 66.0 Å². The average Bonchev–Trinajstić information content (AvgIpc) is 3.09. The molecule has 1 N–H and O–H groups in total. The number of amides is 1. The maximum absolute atomic E-state index is 11.8. The van der Waals surface area contributed by atoms with Crippen LogP contribution in [-0.2, 0) is 11.2 Å². The van der Waals surface area contributed by atoms with Gasteiger partial charge in [-0.2, -0.15) is 0 Å². The van der Waals surface area contributed by atoms with Crippen LogP contribution in [0.1, 0.15) is 11.1 Å². The van der Waals surface area contributed by atoms with E-state index < -0.39 is 0 Å². The second-order valence-corrected chi connectivity index (χ2v) is 8.16. The number of carbonyl (C=O) groups excluding carboxylic acids is 1. The smallest absolute Gasteiger partial charge is 0.263 e. The normalized spacial score (nSPS) is 14.3. The molecule has 1 aliphatic heterocycles. The van der Waals surface area contributed by atoms with Gasteiger partial charge in [0.2, 0.25) is 0 Å². The Morgan fingerprint density at radius 2 is 1.65 bits per heavy atom. The molecule has 6 nitrogen and oxygen atoms in total. The molecule has 1 fully saturated rings. The molecule has 31 heavy (non-hydrogen) atoms. The third kappa shape index (κ3) is 6.02. The van der Waals surface area contributed by atoms with Gasteiger partial charge >= 0.3 is 0 Å². The highest BCUT2D eigenvalue weighted by atomic mass is 32.2. The van der Waals surface area contributed by atoms with E-state index in [9.17, 15) is 4.79 Å². The van der Waals surface area contributed by atoms with Gasteiger partial charge in [0.1, 0.15) is 17.5 Å². The Hall–Kier alpha value is -2.97. The number of carbonyl (C=O) groups is 1. The maximum Gasteiger partial charge on any atom is 0.263 e. The molecule has 0 atom stereocenters. The lowest BCUT2D eigenvalue weighted by molar-refractivity contribution is -0.115. The fourth-order valence-corrected chi connectivity index (χ4v) is 3.94. The largest absolute Gasteiger partial charge is 0.493 e. The van der Waals surface area contributed by atoms with Crippen LogP contribution < -0.4 is 24.3 Å². The van der Waals surface area contributed by atoms with E-state index in [-0.39, 0.29) is 5.91 Å². The number of nitrogens with one attached hydrogen (secondary N) is 1. The molecule has 3 rings (SSSR count). The summed E-state index contributed by atoms with van der Waals surface area (Å²) in [5, 5.41) is 2.60. The van der Waals surface area contributed by atoms with Crippen LogP contribution in [0.15, 0.2) is 54.0 Å². The first-order valence-corrected chi connectivity index (χ1v) is 10.7. The number of benzene rings is 2. The third-order valence-electron chi connectivity index (χ3n) is 4.33. The fourth-order valence-electron chi connectivity index (χ4n) is 2.89. The molecule has 2 aromatic rings. The summed E-state index contributed by atoms with van der Waals surface area (Å²) < 4.78 is 22.9. The summed E-state index contributed by atoms with van der Waals surface area (Å²) >= 11 is 6.24. The van der Waals surface area contributed by atoms with Crippen LogP contribution in [0.4, 0.5) is 0 Å². The van der Waals surface area contributed by atoms with Crippen LogP contribution >= 0.6 is 24.0 Å². The zero-order chi connectivity index (χ0) is 22.2. The van der Waals surface area contributed by atoms with Gasteiger partial charge in [0.25, 0.3) is 5.91 Å². The van der Waals surface area contributed by atoms with Crippen LogP contribution in [0.25, 0.3) is 6.08 Å². The number of hydrogen-bond acceptors (Lipinski definition) is 7. The molecule has 0 bridgehead atoms. The monoisotopic (exact) mass is 457 g/mol. The molecule has 0 unspecified atom stereocenters. The van der Waals surface area contributed by atoms with Gasteiger partial charge in [-0.1, -0.05) is 42.2 Å². The number of thiocarbonyl (C=S) groups is 1. The van der Waals surface area contributed by atoms with E-state index >= 15 is 0 Å². The summed E-state index contributed by atoms with van der Waals surface area (Å²) in [7, 11) is 3.18. The van der Waals surface area contributed by atoms with Crippen molar-refractivity contribution in [3.63, 3.8) is 0 Å². The van der Waals surface area contributed by atoms with E-state index in [0.717, 1.165) is 17.5 Å². The zero-order valence-corrected chi connectivity index (χ0v) is 18.9. The van der Waals surface area contributed by atoms with Crippen LogP contribution in [0.5, 0.6) is 23.0 Å². The second kappa shape index (κ2) is 10.9. The number of rotatable bonds is 10. The molecule has 0 aromatic heterocycles. The Kier molecular flexibility index (Phi) is 7.97. The molecule has 0 saturated carbocycles. The molecule has 2 aromatic carbocycles. The van der Waals surface area contributed by atoms with Crippen molar-refractivity contribution in [1.82, 2.24) is 5.32 Å². The Labute approximate surface area is 191 Å². The number of methoxy groups -OCH3 is 2. The summed E-state index contributed by atoms with van der Waals surface area (Å²) in [6, 6.07) is 11.2. The molecule has 0 radical (unpaired) electrons. The molecule has 1 amide bonds. The standard InChI is InChI=1S/C23H23NO5S2/c1-4-5-15-6-8-17(19(12-15)26-2)28-10-11-29-18-9-7-16(13-20(18)27-3)14-21-22(25)24-23(30)31-21/h4,6-9,12-14H,1,5,10-11H2,2-3H3,(H,24,25,30)/b21-14-. The van der Waals surface area contributed by atoms with Crippen molar-refractivity contribution in [1.29, 1.82) is 0 Å². The lowest BCUT2D eigenvalue weighted by Crippen LogP contribution is -2.17. The molecule has 8 heteroatoms. The third-order valence-corrected chi connectivity index (χ3v) is 5.50. The summed E-state index contributed by atoms with van der Waals surface area (Å²) in [5.41, 5.74) is 1.91. The lowest BCUT2D eigenvalue weighted by atomic mass is 10.1. The highest BCUT2D eigenvalue weighted by molar-refractivity contribution is 8.26. The molecule has 0 aliphatic carbocycles. The summed E-state index contributed by atoms with van der Waals surface area (Å²) in [6.07, 6.45) is 4.37. The Balaban J connectivity index is 1.59. The second-order valence-electron chi connectivity index (χ2n) is 6.44. The summed E-state index contributed by atoms with van der Waals surface area (Å²) in [4.78, 5) is 12.4. The van der Waals surface area contributed by atoms with Crippen molar-refractivity contribution < 1.29 is 23.7 Å². The minimum absolute atomic E-state index is 0.195. The predicted octanol–water partition coefficient (Wildman–Crippen LogP) is 4.38. The van der Waals surface area contributed by atoms with Gasteiger partial charge in [0.05, 0.1) is 19.1 Å². The number of ether oxygens (including phenoxy) is 4. The Morgan fingerprint density at radius 1 is 1.00 bits per heavy atom. The van der Waals surface area contributed by atoms with Crippen molar-refractivity contribution in [2.45, 2.75) is 6.42 Å². The van der Waals surface area contributed by atoms with Gasteiger partial charge < -0.3 is 24.3 Å². The molecular weight excluding hydrogens is 434 g/mol. The van der Waals surface area contributed by atoms with Gasteiger partial charge in [-0.05, 0) is 47.9 Å². The number of allylic oxidation sites excluding steroid dienone is 1. The minimum atomic E-state index is -0.195. The minimum Gasteiger partial charge on any atom is -0.493 e. The molecular formula is C23H23NO5S2. The quantitative estimate of drug-likeness (QED) is 0.246. The fraction of sp³-hybridized carbons (Fsp3) is 0.217. The number of hydrogen-bond donors (Lipinski definition) is 1. The van der Waals surface area contributed by atoms with Gasteiger partial charge in [0.15, 0.2) is 23.0 Å². The average molecular weight is 458 g/mol. The lowest BCUT2D eigenvalue weighted by Gasteiger charge is -2.14. The van der Waals surface area contributed by atoms with Crippen LogP contribution in [-0.4, -0.2) is 37.7 Å². The van der Waals surface area contributed by atoms with Crippen molar-refractivity contribution in [3.8, 4) is 23.0 Å². The van der Waals surface area contributed by atoms with Gasteiger partial charge in [-0.3, -0.25) is 4.79 Å². The molecule has 1 heterocycles. The van der Waals surface area contributed by atoms with Crippen molar-refractivity contribution in [2.24, 2.45) is 0 Å². The van der Waals surface area contributed by atoms with E-state index in [0.29, 0.717) is 45.4 Å². The molecule has 0 spiro atoms. The molecule has 162 valence electrons. The SMILES string of the molecule is C=CCc1ccc(OCCOc2ccc(/C=C3\SC(=S)NC3=O)cc2OC)c(OC)c1. The highest BCUT2D eigenvalue weighted by Crippen LogP contribution is 2.32. The van der Waals surface area contributed by atoms with Gasteiger partial charge in [-0.25, -0.2) is 0 Å². The Bertz CT molecular complexity index is 1020. The van der Waals surface area contributed by atoms with E-state index in [4.69, 9.17) is 31.2 Å².